The Labute approximate surface area is 98.8 Å². The number of unbranched alkanes of at least 4 members (excludes halogenated alkanes) is 1. The van der Waals surface area contributed by atoms with Crippen LogP contribution in [-0.4, -0.2) is 23.8 Å². The minimum Gasteiger partial charge on any atom is -0.369 e. The average molecular weight is 222 g/mol. The Hall–Kier alpha value is -1.16. The fraction of sp³-hybridized carbons (Fsp3) is 0.692. The van der Waals surface area contributed by atoms with Crippen LogP contribution >= 0.6 is 0 Å². The summed E-state index contributed by atoms with van der Waals surface area (Å²) < 4.78 is 0. The molecule has 0 aliphatic carbocycles. The molecule has 0 spiro atoms. The Morgan fingerprint density at radius 3 is 2.56 bits per heavy atom. The van der Waals surface area contributed by atoms with Gasteiger partial charge >= 0.3 is 0 Å². The first kappa shape index (κ1) is 14.8. The third-order valence-corrected chi connectivity index (χ3v) is 1.96. The van der Waals surface area contributed by atoms with Crippen molar-refractivity contribution in [3.8, 4) is 23.8 Å². The lowest BCUT2D eigenvalue weighted by atomic mass is 10.2. The maximum absolute atomic E-state index is 9.38. The highest BCUT2D eigenvalue weighted by Crippen LogP contribution is 1.90. The lowest BCUT2D eigenvalue weighted by molar-refractivity contribution is 0.289. The SMILES string of the molecule is CCCCNC#CC(O)C#CC(N)CCC. The maximum atomic E-state index is 9.38. The molecule has 0 aromatic heterocycles. The first-order valence-corrected chi connectivity index (χ1v) is 5.88. The smallest absolute Gasteiger partial charge is 0.178 e. The summed E-state index contributed by atoms with van der Waals surface area (Å²) in [5.41, 5.74) is 5.68. The third-order valence-electron chi connectivity index (χ3n) is 1.96. The number of hydrogen-bond acceptors (Lipinski definition) is 3. The Morgan fingerprint density at radius 2 is 1.94 bits per heavy atom. The molecule has 0 aliphatic heterocycles. The van der Waals surface area contributed by atoms with Crippen molar-refractivity contribution < 1.29 is 5.11 Å². The predicted octanol–water partition coefficient (Wildman–Crippen LogP) is 0.829. The van der Waals surface area contributed by atoms with Crippen LogP contribution in [0.2, 0.25) is 0 Å². The molecule has 16 heavy (non-hydrogen) atoms. The average Bonchev–Trinajstić information content (AvgIpc) is 2.26. The molecule has 3 nitrogen and oxygen atoms in total. The number of nitrogens with one attached hydrogen (secondary N) is 1. The molecule has 0 heterocycles. The van der Waals surface area contributed by atoms with Crippen LogP contribution in [0.5, 0.6) is 0 Å². The Kier molecular flexibility index (Phi) is 9.61. The van der Waals surface area contributed by atoms with E-state index in [1.54, 1.807) is 0 Å². The standard InChI is InChI=1S/C13H22N2O/c1-3-5-10-15-11-9-13(16)8-7-12(14)6-4-2/h12-13,15-16H,3-6,10,14H2,1-2H3. The van der Waals surface area contributed by atoms with Crippen LogP contribution < -0.4 is 11.1 Å². The number of aliphatic hydroxyl groups is 1. The van der Waals surface area contributed by atoms with E-state index in [9.17, 15) is 5.11 Å². The first-order valence-electron chi connectivity index (χ1n) is 5.88. The molecule has 0 bridgehead atoms. The predicted molar refractivity (Wildman–Crippen MR) is 67.4 cm³/mol. The van der Waals surface area contributed by atoms with E-state index in [0.29, 0.717) is 0 Å². The topological polar surface area (TPSA) is 58.3 Å². The van der Waals surface area contributed by atoms with Crippen LogP contribution in [-0.2, 0) is 0 Å². The van der Waals surface area contributed by atoms with Crippen molar-refractivity contribution in [2.45, 2.75) is 51.7 Å². The van der Waals surface area contributed by atoms with Gasteiger partial charge in [-0.25, -0.2) is 0 Å². The van der Waals surface area contributed by atoms with Gasteiger partial charge < -0.3 is 16.2 Å². The lowest BCUT2D eigenvalue weighted by Crippen LogP contribution is -2.17. The summed E-state index contributed by atoms with van der Waals surface area (Å²) in [6, 6.07) is 2.52. The molecule has 2 atom stereocenters. The van der Waals surface area contributed by atoms with Crippen LogP contribution in [0.3, 0.4) is 0 Å². The zero-order valence-corrected chi connectivity index (χ0v) is 10.2. The van der Waals surface area contributed by atoms with Gasteiger partial charge in [0.15, 0.2) is 6.10 Å². The summed E-state index contributed by atoms with van der Waals surface area (Å²) in [4.78, 5) is 0. The zero-order chi connectivity index (χ0) is 12.2. The first-order chi connectivity index (χ1) is 7.70. The number of hydrogen-bond donors (Lipinski definition) is 3. The molecule has 0 aliphatic rings. The molecule has 0 saturated carbocycles. The largest absolute Gasteiger partial charge is 0.369 e. The molecule has 0 fully saturated rings. The summed E-state index contributed by atoms with van der Waals surface area (Å²) in [5.74, 6) is 8.01. The summed E-state index contributed by atoms with van der Waals surface area (Å²) >= 11 is 0. The van der Waals surface area contributed by atoms with Gasteiger partial charge in [0.25, 0.3) is 0 Å². The van der Waals surface area contributed by atoms with E-state index in [1.165, 1.54) is 0 Å². The second-order valence-corrected chi connectivity index (χ2v) is 3.64. The highest BCUT2D eigenvalue weighted by molar-refractivity contribution is 5.20. The molecule has 90 valence electrons. The molecule has 0 aromatic carbocycles. The fourth-order valence-electron chi connectivity index (χ4n) is 1.05. The summed E-state index contributed by atoms with van der Waals surface area (Å²) in [6.45, 7) is 5.01. The van der Waals surface area contributed by atoms with Gasteiger partial charge in [0.05, 0.1) is 6.04 Å². The molecule has 0 aromatic rings. The van der Waals surface area contributed by atoms with E-state index in [4.69, 9.17) is 5.73 Å². The second kappa shape index (κ2) is 10.4. The normalized spacial score (nSPS) is 12.8. The quantitative estimate of drug-likeness (QED) is 0.367. The zero-order valence-electron chi connectivity index (χ0n) is 10.2. The molecule has 0 rings (SSSR count). The third kappa shape index (κ3) is 9.40. The van der Waals surface area contributed by atoms with Gasteiger partial charge in [0, 0.05) is 12.6 Å². The lowest BCUT2D eigenvalue weighted by Gasteiger charge is -1.99. The molecular weight excluding hydrogens is 200 g/mol. The Bertz CT molecular complexity index is 280. The Morgan fingerprint density at radius 1 is 1.19 bits per heavy atom. The molecule has 0 radical (unpaired) electrons. The van der Waals surface area contributed by atoms with E-state index >= 15 is 0 Å². The van der Waals surface area contributed by atoms with Crippen LogP contribution in [0.1, 0.15) is 39.5 Å². The van der Waals surface area contributed by atoms with Crippen molar-refractivity contribution >= 4 is 0 Å². The van der Waals surface area contributed by atoms with Crippen molar-refractivity contribution in [2.75, 3.05) is 6.54 Å². The van der Waals surface area contributed by atoms with E-state index in [1.807, 2.05) is 0 Å². The van der Waals surface area contributed by atoms with Crippen molar-refractivity contribution in [2.24, 2.45) is 5.73 Å². The number of aliphatic hydroxyl groups excluding tert-OH is 1. The minimum atomic E-state index is -0.906. The van der Waals surface area contributed by atoms with Crippen LogP contribution in [0, 0.1) is 23.8 Å². The van der Waals surface area contributed by atoms with E-state index in [2.05, 4.69) is 43.0 Å². The number of rotatable bonds is 5. The van der Waals surface area contributed by atoms with Crippen molar-refractivity contribution in [1.82, 2.24) is 5.32 Å². The van der Waals surface area contributed by atoms with Gasteiger partial charge in [-0.15, -0.1) is 0 Å². The summed E-state index contributed by atoms with van der Waals surface area (Å²) in [7, 11) is 0. The molecule has 3 heteroatoms. The summed E-state index contributed by atoms with van der Waals surface area (Å²) in [6.07, 6.45) is 3.15. The van der Waals surface area contributed by atoms with Crippen LogP contribution in [0.25, 0.3) is 0 Å². The van der Waals surface area contributed by atoms with E-state index < -0.39 is 6.10 Å². The van der Waals surface area contributed by atoms with Gasteiger partial charge in [-0.1, -0.05) is 38.5 Å². The van der Waals surface area contributed by atoms with Crippen LogP contribution in [0.4, 0.5) is 0 Å². The molecule has 4 N–H and O–H groups in total. The van der Waals surface area contributed by atoms with Gasteiger partial charge in [0.1, 0.15) is 0 Å². The maximum Gasteiger partial charge on any atom is 0.178 e. The monoisotopic (exact) mass is 222 g/mol. The van der Waals surface area contributed by atoms with E-state index in [-0.39, 0.29) is 6.04 Å². The highest BCUT2D eigenvalue weighted by Gasteiger charge is 1.95. The van der Waals surface area contributed by atoms with Gasteiger partial charge in [0.2, 0.25) is 0 Å². The van der Waals surface area contributed by atoms with Crippen molar-refractivity contribution in [3.63, 3.8) is 0 Å². The fourth-order valence-corrected chi connectivity index (χ4v) is 1.05. The van der Waals surface area contributed by atoms with Gasteiger partial charge in [-0.3, -0.25) is 0 Å². The van der Waals surface area contributed by atoms with Gasteiger partial charge in [-0.05, 0) is 18.8 Å². The van der Waals surface area contributed by atoms with Crippen molar-refractivity contribution in [1.29, 1.82) is 0 Å². The molecule has 0 amide bonds. The van der Waals surface area contributed by atoms with Crippen molar-refractivity contribution in [3.05, 3.63) is 0 Å². The summed E-state index contributed by atoms with van der Waals surface area (Å²) in [5, 5.41) is 12.3. The number of nitrogens with two attached hydrogens (primary N) is 1. The van der Waals surface area contributed by atoms with E-state index in [0.717, 1.165) is 32.2 Å². The second-order valence-electron chi connectivity index (χ2n) is 3.64. The van der Waals surface area contributed by atoms with Crippen LogP contribution in [0.15, 0.2) is 0 Å². The molecule has 0 saturated heterocycles. The minimum absolute atomic E-state index is 0.158. The molecular formula is C13H22N2O. The highest BCUT2D eigenvalue weighted by atomic mass is 16.3. The Balaban J connectivity index is 3.82. The van der Waals surface area contributed by atoms with Gasteiger partial charge in [-0.2, -0.15) is 0 Å². The molecule has 2 unspecified atom stereocenters.